The Balaban J connectivity index is 2.42. The Morgan fingerprint density at radius 1 is 1.73 bits per heavy atom. The van der Waals surface area contributed by atoms with E-state index < -0.39 is 12.1 Å². The molecule has 1 heterocycles. The zero-order valence-electron chi connectivity index (χ0n) is 6.42. The maximum atomic E-state index is 10.9. The fourth-order valence-corrected chi connectivity index (χ4v) is 1.06. The number of ether oxygens (including phenoxy) is 1. The van der Waals surface area contributed by atoms with E-state index in [1.165, 1.54) is 6.92 Å². The highest BCUT2D eigenvalue weighted by atomic mass is 16.5. The van der Waals surface area contributed by atoms with Gasteiger partial charge >= 0.3 is 5.97 Å². The normalized spacial score (nSPS) is 24.1. The van der Waals surface area contributed by atoms with Gasteiger partial charge in [0, 0.05) is 13.5 Å². The summed E-state index contributed by atoms with van der Waals surface area (Å²) in [7, 11) is 0. The third-order valence-electron chi connectivity index (χ3n) is 1.54. The van der Waals surface area contributed by atoms with Gasteiger partial charge in [-0.3, -0.25) is 9.59 Å². The minimum absolute atomic E-state index is 0.175. The third-order valence-corrected chi connectivity index (χ3v) is 1.54. The van der Waals surface area contributed by atoms with Gasteiger partial charge in [0.15, 0.2) is 6.10 Å². The summed E-state index contributed by atoms with van der Waals surface area (Å²) < 4.78 is 4.75. The molecular weight excluding hydrogens is 146 g/mol. The maximum absolute atomic E-state index is 10.9. The van der Waals surface area contributed by atoms with E-state index in [0.717, 1.165) is 6.42 Å². The van der Waals surface area contributed by atoms with E-state index in [2.05, 4.69) is 5.32 Å². The van der Waals surface area contributed by atoms with Gasteiger partial charge in [-0.2, -0.15) is 0 Å². The van der Waals surface area contributed by atoms with Crippen LogP contribution in [-0.2, 0) is 14.3 Å². The molecule has 1 N–H and O–H groups in total. The van der Waals surface area contributed by atoms with Gasteiger partial charge in [0.05, 0.1) is 0 Å². The summed E-state index contributed by atoms with van der Waals surface area (Å²) in [5, 5.41) is 2.62. The van der Waals surface area contributed by atoms with Gasteiger partial charge in [-0.1, -0.05) is 0 Å². The van der Waals surface area contributed by atoms with Crippen LogP contribution in [0.2, 0.25) is 0 Å². The lowest BCUT2D eigenvalue weighted by Gasteiger charge is -2.20. The Labute approximate surface area is 64.9 Å². The van der Waals surface area contributed by atoms with Gasteiger partial charge in [-0.15, -0.1) is 0 Å². The molecule has 11 heavy (non-hydrogen) atoms. The topological polar surface area (TPSA) is 55.4 Å². The summed E-state index contributed by atoms with van der Waals surface area (Å²) in [4.78, 5) is 21.4. The molecule has 0 aromatic heterocycles. The number of carbonyl (C=O) groups is 2. The molecule has 0 spiro atoms. The van der Waals surface area contributed by atoms with Crippen molar-refractivity contribution in [2.75, 3.05) is 6.54 Å². The predicted molar refractivity (Wildman–Crippen MR) is 37.8 cm³/mol. The average molecular weight is 157 g/mol. The number of hydrogen-bond donors (Lipinski definition) is 1. The van der Waals surface area contributed by atoms with Crippen LogP contribution in [0.5, 0.6) is 0 Å². The van der Waals surface area contributed by atoms with Crippen molar-refractivity contribution in [1.82, 2.24) is 5.32 Å². The summed E-state index contributed by atoms with van der Waals surface area (Å²) in [6.45, 7) is 2.00. The van der Waals surface area contributed by atoms with Crippen LogP contribution >= 0.6 is 0 Å². The summed E-state index contributed by atoms with van der Waals surface area (Å²) in [6.07, 6.45) is 0.969. The first-order valence-corrected chi connectivity index (χ1v) is 3.65. The van der Waals surface area contributed by atoms with Crippen molar-refractivity contribution in [2.24, 2.45) is 0 Å². The largest absolute Gasteiger partial charge is 0.452 e. The molecular formula is C7H11NO3. The lowest BCUT2D eigenvalue weighted by molar-refractivity contribution is -0.155. The number of amides is 1. The number of rotatable bonds is 1. The van der Waals surface area contributed by atoms with Crippen LogP contribution in [0.1, 0.15) is 19.8 Å². The summed E-state index contributed by atoms with van der Waals surface area (Å²) in [5.41, 5.74) is 0. The van der Waals surface area contributed by atoms with Gasteiger partial charge < -0.3 is 10.1 Å². The molecule has 4 nitrogen and oxygen atoms in total. The Bertz CT molecular complexity index is 179. The second kappa shape index (κ2) is 3.37. The minimum atomic E-state index is -0.554. The second-order valence-electron chi connectivity index (χ2n) is 2.53. The molecule has 0 aromatic rings. The molecule has 62 valence electrons. The molecule has 0 aromatic carbocycles. The monoisotopic (exact) mass is 157 g/mol. The Kier molecular flexibility index (Phi) is 2.46. The van der Waals surface area contributed by atoms with Crippen molar-refractivity contribution in [2.45, 2.75) is 25.9 Å². The van der Waals surface area contributed by atoms with Crippen LogP contribution in [0.15, 0.2) is 0 Å². The van der Waals surface area contributed by atoms with Gasteiger partial charge in [0.2, 0.25) is 0 Å². The van der Waals surface area contributed by atoms with Gasteiger partial charge in [0.1, 0.15) is 0 Å². The molecule has 1 aliphatic rings. The van der Waals surface area contributed by atoms with Crippen LogP contribution in [-0.4, -0.2) is 24.5 Å². The van der Waals surface area contributed by atoms with Crippen LogP contribution in [0, 0.1) is 0 Å². The molecule has 1 amide bonds. The Morgan fingerprint density at radius 3 is 3.00 bits per heavy atom. The van der Waals surface area contributed by atoms with E-state index in [-0.39, 0.29) is 5.91 Å². The van der Waals surface area contributed by atoms with Crippen LogP contribution in [0.4, 0.5) is 0 Å². The quantitative estimate of drug-likeness (QED) is 0.537. The van der Waals surface area contributed by atoms with Gasteiger partial charge in [-0.05, 0) is 12.8 Å². The highest BCUT2D eigenvalue weighted by Crippen LogP contribution is 2.06. The zero-order chi connectivity index (χ0) is 8.27. The Morgan fingerprint density at radius 2 is 2.45 bits per heavy atom. The van der Waals surface area contributed by atoms with E-state index in [1.807, 2.05) is 0 Å². The Hall–Kier alpha value is -1.06. The fourth-order valence-electron chi connectivity index (χ4n) is 1.06. The molecule has 0 bridgehead atoms. The molecule has 0 unspecified atom stereocenters. The molecule has 1 aliphatic heterocycles. The first kappa shape index (κ1) is 8.04. The van der Waals surface area contributed by atoms with Gasteiger partial charge in [0.25, 0.3) is 5.91 Å². The molecule has 1 fully saturated rings. The lowest BCUT2D eigenvalue weighted by atomic mass is 10.1. The van der Waals surface area contributed by atoms with E-state index in [0.29, 0.717) is 13.0 Å². The van der Waals surface area contributed by atoms with Crippen molar-refractivity contribution in [3.8, 4) is 0 Å². The van der Waals surface area contributed by atoms with Crippen LogP contribution < -0.4 is 5.32 Å². The van der Waals surface area contributed by atoms with Crippen molar-refractivity contribution in [1.29, 1.82) is 0 Å². The first-order valence-electron chi connectivity index (χ1n) is 3.65. The first-order chi connectivity index (χ1) is 5.20. The van der Waals surface area contributed by atoms with E-state index >= 15 is 0 Å². The molecule has 0 aliphatic carbocycles. The smallest absolute Gasteiger partial charge is 0.303 e. The number of esters is 1. The lowest BCUT2D eigenvalue weighted by Crippen LogP contribution is -2.42. The molecule has 0 saturated carbocycles. The van der Waals surface area contributed by atoms with Crippen molar-refractivity contribution in [3.63, 3.8) is 0 Å². The fraction of sp³-hybridized carbons (Fsp3) is 0.714. The maximum Gasteiger partial charge on any atom is 0.303 e. The summed E-state index contributed by atoms with van der Waals surface area (Å²) in [5.74, 6) is -0.571. The highest BCUT2D eigenvalue weighted by Gasteiger charge is 2.23. The van der Waals surface area contributed by atoms with Crippen LogP contribution in [0.3, 0.4) is 0 Å². The minimum Gasteiger partial charge on any atom is -0.452 e. The second-order valence-corrected chi connectivity index (χ2v) is 2.53. The molecule has 4 heteroatoms. The standard InChI is InChI=1S/C7H11NO3/c1-5(9)11-6-3-2-4-8-7(6)10/h6H,2-4H2,1H3,(H,8,10)/t6-/m0/s1. The van der Waals surface area contributed by atoms with E-state index in [4.69, 9.17) is 4.74 Å². The van der Waals surface area contributed by atoms with E-state index in [1.54, 1.807) is 0 Å². The molecule has 1 rings (SSSR count). The predicted octanol–water partition coefficient (Wildman–Crippen LogP) is -0.172. The zero-order valence-corrected chi connectivity index (χ0v) is 6.42. The average Bonchev–Trinajstić information content (AvgIpc) is 1.93. The van der Waals surface area contributed by atoms with E-state index in [9.17, 15) is 9.59 Å². The number of carbonyl (C=O) groups excluding carboxylic acids is 2. The third kappa shape index (κ3) is 2.22. The number of piperidine rings is 1. The number of hydrogen-bond acceptors (Lipinski definition) is 3. The summed E-state index contributed by atoms with van der Waals surface area (Å²) >= 11 is 0. The SMILES string of the molecule is CC(=O)O[C@H]1CCCNC1=O. The molecule has 1 saturated heterocycles. The van der Waals surface area contributed by atoms with Gasteiger partial charge in [-0.25, -0.2) is 0 Å². The summed E-state index contributed by atoms with van der Waals surface area (Å²) in [6, 6.07) is 0. The van der Waals surface area contributed by atoms with Crippen molar-refractivity contribution in [3.05, 3.63) is 0 Å². The van der Waals surface area contributed by atoms with Crippen LogP contribution in [0.25, 0.3) is 0 Å². The van der Waals surface area contributed by atoms with Crippen molar-refractivity contribution < 1.29 is 14.3 Å². The number of nitrogens with one attached hydrogen (secondary N) is 1. The highest BCUT2D eigenvalue weighted by molar-refractivity contribution is 5.83. The molecule has 0 radical (unpaired) electrons. The van der Waals surface area contributed by atoms with Crippen molar-refractivity contribution >= 4 is 11.9 Å². The molecule has 1 atom stereocenters.